The first-order chi connectivity index (χ1) is 17.2. The number of aromatic nitrogens is 4. The standard InChI is InChI=1S/C24H21BrN6O4S/c1-13-15(3)30-35-23(13)31-36(32,33)21-14(2)20(28-22-19(25)12-27-29-22)9-8-18(21)16-4-6-17(7-5-16)24-26-10-11-34-24/h4-12,31H,1-3H3,(H2,27,28,29). The molecular weight excluding hydrogens is 548 g/mol. The highest BCUT2D eigenvalue weighted by Gasteiger charge is 2.27. The van der Waals surface area contributed by atoms with E-state index in [-0.39, 0.29) is 10.8 Å². The Kier molecular flexibility index (Phi) is 6.14. The van der Waals surface area contributed by atoms with Crippen molar-refractivity contribution in [2.45, 2.75) is 25.7 Å². The third-order valence-electron chi connectivity index (χ3n) is 5.79. The normalized spacial score (nSPS) is 11.6. The maximum atomic E-state index is 13.8. The number of H-pyrrole nitrogens is 1. The van der Waals surface area contributed by atoms with Crippen LogP contribution >= 0.6 is 15.9 Å². The molecule has 3 aromatic heterocycles. The van der Waals surface area contributed by atoms with E-state index in [0.717, 1.165) is 5.56 Å². The summed E-state index contributed by atoms with van der Waals surface area (Å²) in [7, 11) is -4.09. The zero-order valence-corrected chi connectivity index (χ0v) is 21.9. The minimum atomic E-state index is -4.09. The van der Waals surface area contributed by atoms with Gasteiger partial charge in [-0.1, -0.05) is 23.4 Å². The molecule has 3 N–H and O–H groups in total. The predicted molar refractivity (Wildman–Crippen MR) is 138 cm³/mol. The van der Waals surface area contributed by atoms with Crippen LogP contribution in [-0.4, -0.2) is 28.8 Å². The van der Waals surface area contributed by atoms with Crippen LogP contribution in [0.25, 0.3) is 22.6 Å². The van der Waals surface area contributed by atoms with E-state index in [1.165, 1.54) is 6.26 Å². The number of oxazole rings is 1. The molecule has 0 saturated heterocycles. The van der Waals surface area contributed by atoms with Gasteiger partial charge in [-0.3, -0.25) is 5.10 Å². The molecule has 0 atom stereocenters. The van der Waals surface area contributed by atoms with Gasteiger partial charge in [0, 0.05) is 22.4 Å². The molecule has 0 amide bonds. The highest BCUT2D eigenvalue weighted by atomic mass is 79.9. The van der Waals surface area contributed by atoms with Gasteiger partial charge in [0.2, 0.25) is 11.8 Å². The number of rotatable bonds is 7. The molecule has 36 heavy (non-hydrogen) atoms. The molecule has 12 heteroatoms. The largest absolute Gasteiger partial charge is 0.445 e. The molecule has 0 bridgehead atoms. The van der Waals surface area contributed by atoms with Crippen LogP contribution in [0.15, 0.2) is 73.4 Å². The lowest BCUT2D eigenvalue weighted by atomic mass is 10.0. The van der Waals surface area contributed by atoms with Crippen LogP contribution in [-0.2, 0) is 10.0 Å². The van der Waals surface area contributed by atoms with Crippen LogP contribution in [0.1, 0.15) is 16.8 Å². The number of nitrogens with one attached hydrogen (secondary N) is 3. The summed E-state index contributed by atoms with van der Waals surface area (Å²) in [5, 5.41) is 13.9. The summed E-state index contributed by atoms with van der Waals surface area (Å²) >= 11 is 3.42. The van der Waals surface area contributed by atoms with Gasteiger partial charge < -0.3 is 14.3 Å². The van der Waals surface area contributed by atoms with Crippen LogP contribution in [0.4, 0.5) is 17.4 Å². The number of halogens is 1. The molecule has 0 saturated carbocycles. The molecule has 0 spiro atoms. The lowest BCUT2D eigenvalue weighted by Gasteiger charge is -2.18. The maximum absolute atomic E-state index is 13.8. The molecular formula is C24H21BrN6O4S. The summed E-state index contributed by atoms with van der Waals surface area (Å²) in [6, 6.07) is 10.9. The van der Waals surface area contributed by atoms with Crippen LogP contribution in [0, 0.1) is 20.8 Å². The van der Waals surface area contributed by atoms with Gasteiger partial charge >= 0.3 is 0 Å². The van der Waals surface area contributed by atoms with E-state index in [4.69, 9.17) is 8.94 Å². The van der Waals surface area contributed by atoms with Crippen molar-refractivity contribution in [3.05, 3.63) is 76.3 Å². The quantitative estimate of drug-likeness (QED) is 0.219. The van der Waals surface area contributed by atoms with Gasteiger partial charge in [-0.2, -0.15) is 5.10 Å². The number of sulfonamides is 1. The Morgan fingerprint density at radius 3 is 2.36 bits per heavy atom. The SMILES string of the molecule is Cc1noc(NS(=O)(=O)c2c(-c3ccc(-c4ncco4)cc3)ccc(Nc3[nH]ncc3Br)c2C)c1C. The zero-order valence-electron chi connectivity index (χ0n) is 19.5. The van der Waals surface area contributed by atoms with E-state index in [1.54, 1.807) is 39.2 Å². The summed E-state index contributed by atoms with van der Waals surface area (Å²) in [6.45, 7) is 5.23. The second kappa shape index (κ2) is 9.28. The minimum Gasteiger partial charge on any atom is -0.445 e. The van der Waals surface area contributed by atoms with E-state index >= 15 is 0 Å². The number of anilines is 3. The van der Waals surface area contributed by atoms with Crippen molar-refractivity contribution >= 4 is 43.3 Å². The Balaban J connectivity index is 1.63. The smallest absolute Gasteiger partial charge is 0.265 e. The monoisotopic (exact) mass is 568 g/mol. The van der Waals surface area contributed by atoms with Crippen molar-refractivity contribution in [1.82, 2.24) is 20.3 Å². The van der Waals surface area contributed by atoms with E-state index < -0.39 is 10.0 Å². The number of benzene rings is 2. The minimum absolute atomic E-state index is 0.0757. The van der Waals surface area contributed by atoms with E-state index in [0.29, 0.717) is 49.8 Å². The van der Waals surface area contributed by atoms with Crippen molar-refractivity contribution in [3.63, 3.8) is 0 Å². The Hall–Kier alpha value is -3.90. The average Bonchev–Trinajstić information content (AvgIpc) is 3.60. The highest BCUT2D eigenvalue weighted by molar-refractivity contribution is 9.10. The summed E-state index contributed by atoms with van der Waals surface area (Å²) in [6.07, 6.45) is 4.68. The lowest BCUT2D eigenvalue weighted by molar-refractivity contribution is 0.430. The van der Waals surface area contributed by atoms with Crippen LogP contribution in [0.5, 0.6) is 0 Å². The number of hydrogen-bond donors (Lipinski definition) is 3. The topological polar surface area (TPSA) is 139 Å². The number of aryl methyl sites for hydroxylation is 1. The number of nitrogens with zero attached hydrogens (tertiary/aromatic N) is 3. The van der Waals surface area contributed by atoms with Gasteiger partial charge in [0.15, 0.2) is 0 Å². The first-order valence-electron chi connectivity index (χ1n) is 10.8. The van der Waals surface area contributed by atoms with Crippen LogP contribution < -0.4 is 10.0 Å². The van der Waals surface area contributed by atoms with Crippen LogP contribution in [0.2, 0.25) is 0 Å². The first-order valence-corrected chi connectivity index (χ1v) is 13.1. The number of aromatic amines is 1. The third-order valence-corrected chi connectivity index (χ3v) is 7.91. The fourth-order valence-electron chi connectivity index (χ4n) is 3.74. The molecule has 0 aliphatic carbocycles. The molecule has 10 nitrogen and oxygen atoms in total. The van der Waals surface area contributed by atoms with E-state index in [9.17, 15) is 8.42 Å². The molecule has 2 aromatic carbocycles. The van der Waals surface area contributed by atoms with E-state index in [2.05, 4.69) is 46.3 Å². The first kappa shape index (κ1) is 23.8. The molecule has 0 radical (unpaired) electrons. The molecule has 184 valence electrons. The Morgan fingerprint density at radius 2 is 1.75 bits per heavy atom. The predicted octanol–water partition coefficient (Wildman–Crippen LogP) is 5.95. The molecule has 0 aliphatic heterocycles. The van der Waals surface area contributed by atoms with Crippen molar-refractivity contribution in [1.29, 1.82) is 0 Å². The summed E-state index contributed by atoms with van der Waals surface area (Å²) in [4.78, 5) is 4.26. The maximum Gasteiger partial charge on any atom is 0.265 e. The fraction of sp³-hybridized carbons (Fsp3) is 0.125. The van der Waals surface area contributed by atoms with Crippen molar-refractivity contribution < 1.29 is 17.4 Å². The van der Waals surface area contributed by atoms with Gasteiger partial charge in [0.05, 0.1) is 22.6 Å². The molecule has 3 heterocycles. The Labute approximate surface area is 215 Å². The van der Waals surface area contributed by atoms with Crippen molar-refractivity contribution in [3.8, 4) is 22.6 Å². The summed E-state index contributed by atoms with van der Waals surface area (Å²) in [5.74, 6) is 1.15. The summed E-state index contributed by atoms with van der Waals surface area (Å²) in [5.41, 5.74) is 4.31. The summed E-state index contributed by atoms with van der Waals surface area (Å²) < 4.78 is 41.4. The molecule has 0 unspecified atom stereocenters. The van der Waals surface area contributed by atoms with Gasteiger partial charge in [-0.15, -0.1) is 0 Å². The second-order valence-electron chi connectivity index (χ2n) is 8.07. The van der Waals surface area contributed by atoms with Gasteiger partial charge in [-0.05, 0) is 66.0 Å². The Morgan fingerprint density at radius 1 is 1.00 bits per heavy atom. The Bertz CT molecular complexity index is 1640. The third kappa shape index (κ3) is 4.40. The molecule has 5 aromatic rings. The molecule has 5 rings (SSSR count). The highest BCUT2D eigenvalue weighted by Crippen LogP contribution is 2.37. The number of hydrogen-bond acceptors (Lipinski definition) is 8. The zero-order chi connectivity index (χ0) is 25.4. The van der Waals surface area contributed by atoms with Crippen molar-refractivity contribution in [2.75, 3.05) is 10.0 Å². The molecule has 0 fully saturated rings. The van der Waals surface area contributed by atoms with Gasteiger partial charge in [0.25, 0.3) is 10.0 Å². The second-order valence-corrected chi connectivity index (χ2v) is 10.5. The lowest BCUT2D eigenvalue weighted by Crippen LogP contribution is -2.16. The van der Waals surface area contributed by atoms with E-state index in [1.807, 2.05) is 30.3 Å². The average molecular weight is 569 g/mol. The van der Waals surface area contributed by atoms with Gasteiger partial charge in [0.1, 0.15) is 17.0 Å². The van der Waals surface area contributed by atoms with Crippen molar-refractivity contribution in [2.24, 2.45) is 0 Å². The van der Waals surface area contributed by atoms with Crippen LogP contribution in [0.3, 0.4) is 0 Å². The fourth-order valence-corrected chi connectivity index (χ4v) is 5.55. The van der Waals surface area contributed by atoms with Gasteiger partial charge in [-0.25, -0.2) is 18.1 Å². The molecule has 0 aliphatic rings.